The van der Waals surface area contributed by atoms with Crippen molar-refractivity contribution >= 4 is 0 Å². The zero-order chi connectivity index (χ0) is 13.1. The van der Waals surface area contributed by atoms with Crippen LogP contribution in [0.2, 0.25) is 0 Å². The number of nitrogens with zero attached hydrogens (tertiary/aromatic N) is 1. The fourth-order valence-corrected chi connectivity index (χ4v) is 3.99. The quantitative estimate of drug-likeness (QED) is 0.705. The first kappa shape index (κ1) is 13.8. The predicted molar refractivity (Wildman–Crippen MR) is 77.3 cm³/mol. The molecule has 0 spiro atoms. The molecule has 4 heteroatoms. The Kier molecular flexibility index (Phi) is 4.74. The third-order valence-corrected chi connectivity index (χ3v) is 5.26. The SMILES string of the molecule is O[C@H]1CCCCC1NC1CCN([C@H]2CCNC2)CC1. The van der Waals surface area contributed by atoms with Crippen molar-refractivity contribution < 1.29 is 5.11 Å². The molecule has 1 unspecified atom stereocenters. The fourth-order valence-electron chi connectivity index (χ4n) is 3.99. The smallest absolute Gasteiger partial charge is 0.0693 e. The molecule has 0 aromatic heterocycles. The number of aliphatic hydroxyl groups excluding tert-OH is 1. The Morgan fingerprint density at radius 3 is 2.47 bits per heavy atom. The summed E-state index contributed by atoms with van der Waals surface area (Å²) in [5.74, 6) is 0. The average Bonchev–Trinajstić information content (AvgIpc) is 2.96. The van der Waals surface area contributed by atoms with Crippen LogP contribution in [0.5, 0.6) is 0 Å². The third kappa shape index (κ3) is 3.48. The van der Waals surface area contributed by atoms with E-state index in [9.17, 15) is 5.11 Å². The van der Waals surface area contributed by atoms with Gasteiger partial charge in [-0.15, -0.1) is 0 Å². The Labute approximate surface area is 116 Å². The van der Waals surface area contributed by atoms with Gasteiger partial charge in [-0.3, -0.25) is 4.90 Å². The standard InChI is InChI=1S/C15H29N3O/c19-15-4-2-1-3-14(15)17-12-6-9-18(10-7-12)13-5-8-16-11-13/h12-17,19H,1-11H2/t13-,14?,15-/m0/s1. The lowest BCUT2D eigenvalue weighted by Crippen LogP contribution is -2.52. The molecule has 1 saturated carbocycles. The largest absolute Gasteiger partial charge is 0.392 e. The summed E-state index contributed by atoms with van der Waals surface area (Å²) in [5, 5.41) is 17.2. The summed E-state index contributed by atoms with van der Waals surface area (Å²) in [6.45, 7) is 4.83. The monoisotopic (exact) mass is 267 g/mol. The van der Waals surface area contributed by atoms with E-state index in [4.69, 9.17) is 0 Å². The minimum absolute atomic E-state index is 0.106. The van der Waals surface area contributed by atoms with Gasteiger partial charge in [-0.1, -0.05) is 12.8 Å². The second-order valence-electron chi connectivity index (χ2n) is 6.58. The molecule has 110 valence electrons. The molecule has 3 aliphatic rings. The molecule has 3 rings (SSSR count). The van der Waals surface area contributed by atoms with Gasteiger partial charge in [0.25, 0.3) is 0 Å². The summed E-state index contributed by atoms with van der Waals surface area (Å²) in [4.78, 5) is 2.66. The maximum absolute atomic E-state index is 10.0. The lowest BCUT2D eigenvalue weighted by molar-refractivity contribution is 0.0728. The molecule has 2 heterocycles. The summed E-state index contributed by atoms with van der Waals surface area (Å²) >= 11 is 0. The van der Waals surface area contributed by atoms with Crippen molar-refractivity contribution in [2.75, 3.05) is 26.2 Å². The van der Waals surface area contributed by atoms with E-state index in [1.807, 2.05) is 0 Å². The first-order valence-electron chi connectivity index (χ1n) is 8.22. The summed E-state index contributed by atoms with van der Waals surface area (Å²) in [6.07, 6.45) is 8.34. The zero-order valence-corrected chi connectivity index (χ0v) is 12.0. The highest BCUT2D eigenvalue weighted by molar-refractivity contribution is 4.89. The first-order valence-corrected chi connectivity index (χ1v) is 8.22. The number of likely N-dealkylation sites (tertiary alicyclic amines) is 1. The van der Waals surface area contributed by atoms with Gasteiger partial charge in [0, 0.05) is 24.7 Å². The van der Waals surface area contributed by atoms with Gasteiger partial charge in [0.2, 0.25) is 0 Å². The lowest BCUT2D eigenvalue weighted by atomic mass is 9.91. The first-order chi connectivity index (χ1) is 9.33. The zero-order valence-electron chi connectivity index (χ0n) is 12.0. The van der Waals surface area contributed by atoms with Crippen molar-refractivity contribution in [3.63, 3.8) is 0 Å². The summed E-state index contributed by atoms with van der Waals surface area (Å²) in [7, 11) is 0. The third-order valence-electron chi connectivity index (χ3n) is 5.26. The van der Waals surface area contributed by atoms with E-state index < -0.39 is 0 Å². The second-order valence-corrected chi connectivity index (χ2v) is 6.58. The van der Waals surface area contributed by atoms with Crippen LogP contribution in [0, 0.1) is 0 Å². The van der Waals surface area contributed by atoms with Gasteiger partial charge < -0.3 is 15.7 Å². The highest BCUT2D eigenvalue weighted by atomic mass is 16.3. The van der Waals surface area contributed by atoms with Gasteiger partial charge in [-0.05, 0) is 51.7 Å². The second kappa shape index (κ2) is 6.53. The van der Waals surface area contributed by atoms with Gasteiger partial charge in [0.15, 0.2) is 0 Å². The molecule has 4 nitrogen and oxygen atoms in total. The van der Waals surface area contributed by atoms with Crippen LogP contribution >= 0.6 is 0 Å². The van der Waals surface area contributed by atoms with Crippen LogP contribution < -0.4 is 10.6 Å². The van der Waals surface area contributed by atoms with Crippen LogP contribution in [0.25, 0.3) is 0 Å². The highest BCUT2D eigenvalue weighted by Crippen LogP contribution is 2.22. The Bertz CT molecular complexity index is 273. The molecule has 2 aliphatic heterocycles. The predicted octanol–water partition coefficient (Wildman–Crippen LogP) is 0.706. The highest BCUT2D eigenvalue weighted by Gasteiger charge is 2.30. The Morgan fingerprint density at radius 1 is 1.00 bits per heavy atom. The van der Waals surface area contributed by atoms with E-state index in [1.54, 1.807) is 0 Å². The van der Waals surface area contributed by atoms with Crippen LogP contribution in [0.4, 0.5) is 0 Å². The molecule has 0 radical (unpaired) electrons. The van der Waals surface area contributed by atoms with E-state index in [0.29, 0.717) is 12.1 Å². The van der Waals surface area contributed by atoms with E-state index in [1.165, 1.54) is 58.3 Å². The fraction of sp³-hybridized carbons (Fsp3) is 1.00. The number of nitrogens with one attached hydrogen (secondary N) is 2. The maximum Gasteiger partial charge on any atom is 0.0693 e. The molecule has 0 amide bonds. The Hall–Kier alpha value is -0.160. The van der Waals surface area contributed by atoms with Crippen LogP contribution in [-0.2, 0) is 0 Å². The minimum atomic E-state index is -0.106. The summed E-state index contributed by atoms with van der Waals surface area (Å²) < 4.78 is 0. The van der Waals surface area contributed by atoms with E-state index in [0.717, 1.165) is 18.9 Å². The minimum Gasteiger partial charge on any atom is -0.392 e. The molecule has 3 fully saturated rings. The van der Waals surface area contributed by atoms with Gasteiger partial charge in [-0.25, -0.2) is 0 Å². The number of piperidine rings is 1. The van der Waals surface area contributed by atoms with Crippen molar-refractivity contribution in [1.82, 2.24) is 15.5 Å². The van der Waals surface area contributed by atoms with Crippen molar-refractivity contribution in [2.45, 2.75) is 69.2 Å². The van der Waals surface area contributed by atoms with Crippen molar-refractivity contribution in [3.8, 4) is 0 Å². The van der Waals surface area contributed by atoms with Gasteiger partial charge in [0.1, 0.15) is 0 Å². The topological polar surface area (TPSA) is 47.5 Å². The number of aliphatic hydroxyl groups is 1. The molecule has 0 aromatic carbocycles. The molecular formula is C15H29N3O. The molecule has 0 bridgehead atoms. The van der Waals surface area contributed by atoms with Crippen LogP contribution in [0.3, 0.4) is 0 Å². The summed E-state index contributed by atoms with van der Waals surface area (Å²) in [6, 6.07) is 1.77. The molecule has 1 aliphatic carbocycles. The van der Waals surface area contributed by atoms with Gasteiger partial charge in [-0.2, -0.15) is 0 Å². The van der Waals surface area contributed by atoms with E-state index in [-0.39, 0.29) is 6.10 Å². The number of rotatable bonds is 3. The van der Waals surface area contributed by atoms with Gasteiger partial charge in [0.05, 0.1) is 6.10 Å². The summed E-state index contributed by atoms with van der Waals surface area (Å²) in [5.41, 5.74) is 0. The van der Waals surface area contributed by atoms with Crippen LogP contribution in [-0.4, -0.2) is 60.4 Å². The number of hydrogen-bond donors (Lipinski definition) is 3. The molecular weight excluding hydrogens is 238 g/mol. The maximum atomic E-state index is 10.0. The van der Waals surface area contributed by atoms with Crippen molar-refractivity contribution in [2.24, 2.45) is 0 Å². The van der Waals surface area contributed by atoms with E-state index in [2.05, 4.69) is 15.5 Å². The van der Waals surface area contributed by atoms with Crippen LogP contribution in [0.1, 0.15) is 44.9 Å². The molecule has 3 atom stereocenters. The van der Waals surface area contributed by atoms with Crippen molar-refractivity contribution in [1.29, 1.82) is 0 Å². The molecule has 3 N–H and O–H groups in total. The van der Waals surface area contributed by atoms with Crippen molar-refractivity contribution in [3.05, 3.63) is 0 Å². The van der Waals surface area contributed by atoms with E-state index >= 15 is 0 Å². The molecule has 2 saturated heterocycles. The van der Waals surface area contributed by atoms with Crippen LogP contribution in [0.15, 0.2) is 0 Å². The Balaban J connectivity index is 1.42. The average molecular weight is 267 g/mol. The lowest BCUT2D eigenvalue weighted by Gasteiger charge is -2.39. The molecule has 0 aromatic rings. The normalized spacial score (nSPS) is 38.7. The number of hydrogen-bond acceptors (Lipinski definition) is 4. The Morgan fingerprint density at radius 2 is 1.79 bits per heavy atom. The van der Waals surface area contributed by atoms with Gasteiger partial charge >= 0.3 is 0 Å². The molecule has 19 heavy (non-hydrogen) atoms.